The summed E-state index contributed by atoms with van der Waals surface area (Å²) in [6.07, 6.45) is 0. The number of aryl methyl sites for hydroxylation is 1. The van der Waals surface area contributed by atoms with E-state index >= 15 is 0 Å². The highest BCUT2D eigenvalue weighted by molar-refractivity contribution is 5.56. The first-order valence-electron chi connectivity index (χ1n) is 8.06. The molecule has 1 atom stereocenters. The molecule has 21 heavy (non-hydrogen) atoms. The van der Waals surface area contributed by atoms with E-state index < -0.39 is 0 Å². The zero-order valence-corrected chi connectivity index (χ0v) is 14.5. The van der Waals surface area contributed by atoms with Crippen LogP contribution in [0, 0.1) is 6.92 Å². The molecule has 0 radical (unpaired) electrons. The Hall–Kier alpha value is -1.06. The van der Waals surface area contributed by atoms with Gasteiger partial charge >= 0.3 is 0 Å². The summed E-state index contributed by atoms with van der Waals surface area (Å²) in [5, 5.41) is 3.63. The second kappa shape index (κ2) is 6.37. The number of benzene rings is 1. The predicted molar refractivity (Wildman–Crippen MR) is 92.1 cm³/mol. The molecule has 0 spiro atoms. The first kappa shape index (κ1) is 16.3. The van der Waals surface area contributed by atoms with Crippen molar-refractivity contribution in [2.75, 3.05) is 31.6 Å². The molecule has 2 rings (SSSR count). The van der Waals surface area contributed by atoms with Crippen LogP contribution in [-0.2, 0) is 6.54 Å². The van der Waals surface area contributed by atoms with E-state index in [1.807, 2.05) is 0 Å². The number of nitrogens with zero attached hydrogens (tertiary/aromatic N) is 2. The van der Waals surface area contributed by atoms with Gasteiger partial charge in [0, 0.05) is 43.4 Å². The standard InChI is InChI=1S/C18H31N3/c1-14-7-8-17(16(11-14)12-19-18(3,4)5)21-10-9-20(6)13-15(21)2/h7-8,11,15,19H,9-10,12-13H2,1-6H3. The van der Waals surface area contributed by atoms with Gasteiger partial charge < -0.3 is 15.1 Å². The van der Waals surface area contributed by atoms with Crippen molar-refractivity contribution < 1.29 is 0 Å². The zero-order chi connectivity index (χ0) is 15.6. The van der Waals surface area contributed by atoms with Gasteiger partial charge in [0.05, 0.1) is 0 Å². The van der Waals surface area contributed by atoms with Crippen molar-refractivity contribution in [3.05, 3.63) is 29.3 Å². The Labute approximate surface area is 130 Å². The fourth-order valence-corrected chi connectivity index (χ4v) is 2.99. The first-order chi connectivity index (χ1) is 9.76. The average molecular weight is 289 g/mol. The second-order valence-electron chi connectivity index (χ2n) is 7.54. The van der Waals surface area contributed by atoms with Gasteiger partial charge in [0.2, 0.25) is 0 Å². The Morgan fingerprint density at radius 1 is 1.24 bits per heavy atom. The maximum atomic E-state index is 3.63. The number of rotatable bonds is 3. The molecule has 0 bridgehead atoms. The third-order valence-electron chi connectivity index (χ3n) is 4.18. The summed E-state index contributed by atoms with van der Waals surface area (Å²) in [4.78, 5) is 4.99. The van der Waals surface area contributed by atoms with Gasteiger partial charge in [0.15, 0.2) is 0 Å². The Morgan fingerprint density at radius 2 is 1.95 bits per heavy atom. The molecule has 0 aromatic heterocycles. The fraction of sp³-hybridized carbons (Fsp3) is 0.667. The van der Waals surface area contributed by atoms with Gasteiger partial charge in [-0.1, -0.05) is 17.7 Å². The Bertz CT molecular complexity index is 476. The molecule has 1 N–H and O–H groups in total. The Kier molecular flexibility index (Phi) is 4.95. The molecule has 1 aromatic rings. The second-order valence-corrected chi connectivity index (χ2v) is 7.54. The monoisotopic (exact) mass is 289 g/mol. The van der Waals surface area contributed by atoms with E-state index in [4.69, 9.17) is 0 Å². The quantitative estimate of drug-likeness (QED) is 0.923. The molecule has 3 heteroatoms. The summed E-state index contributed by atoms with van der Waals surface area (Å²) in [7, 11) is 2.21. The number of hydrogen-bond donors (Lipinski definition) is 1. The highest BCUT2D eigenvalue weighted by Crippen LogP contribution is 2.26. The molecule has 0 aliphatic carbocycles. The third-order valence-corrected chi connectivity index (χ3v) is 4.18. The lowest BCUT2D eigenvalue weighted by Gasteiger charge is -2.41. The summed E-state index contributed by atoms with van der Waals surface area (Å²) < 4.78 is 0. The Balaban J connectivity index is 2.22. The summed E-state index contributed by atoms with van der Waals surface area (Å²) in [5.41, 5.74) is 4.31. The zero-order valence-electron chi connectivity index (χ0n) is 14.5. The topological polar surface area (TPSA) is 18.5 Å². The van der Waals surface area contributed by atoms with Crippen LogP contribution in [0.15, 0.2) is 18.2 Å². The minimum atomic E-state index is 0.148. The highest BCUT2D eigenvalue weighted by atomic mass is 15.3. The van der Waals surface area contributed by atoms with Crippen molar-refractivity contribution in [3.63, 3.8) is 0 Å². The van der Waals surface area contributed by atoms with Gasteiger partial charge in [-0.2, -0.15) is 0 Å². The van der Waals surface area contributed by atoms with Crippen molar-refractivity contribution in [2.24, 2.45) is 0 Å². The number of anilines is 1. The summed E-state index contributed by atoms with van der Waals surface area (Å²) in [5.74, 6) is 0. The minimum absolute atomic E-state index is 0.148. The van der Waals surface area contributed by atoms with Crippen molar-refractivity contribution >= 4 is 5.69 Å². The maximum Gasteiger partial charge on any atom is 0.0415 e. The van der Waals surface area contributed by atoms with Crippen LogP contribution in [0.4, 0.5) is 5.69 Å². The van der Waals surface area contributed by atoms with Crippen molar-refractivity contribution in [1.82, 2.24) is 10.2 Å². The third kappa shape index (κ3) is 4.45. The van der Waals surface area contributed by atoms with E-state index in [-0.39, 0.29) is 5.54 Å². The first-order valence-corrected chi connectivity index (χ1v) is 8.06. The molecular formula is C18H31N3. The average Bonchev–Trinajstić information content (AvgIpc) is 2.36. The molecule has 1 unspecified atom stereocenters. The smallest absolute Gasteiger partial charge is 0.0415 e. The van der Waals surface area contributed by atoms with E-state index in [9.17, 15) is 0 Å². The summed E-state index contributed by atoms with van der Waals surface area (Å²) in [6.45, 7) is 15.5. The van der Waals surface area contributed by atoms with Crippen LogP contribution < -0.4 is 10.2 Å². The maximum absolute atomic E-state index is 3.63. The SMILES string of the molecule is Cc1ccc(N2CCN(C)CC2C)c(CNC(C)(C)C)c1. The van der Waals surface area contributed by atoms with Crippen molar-refractivity contribution in [1.29, 1.82) is 0 Å². The molecule has 1 aliphatic rings. The van der Waals surface area contributed by atoms with Crippen LogP contribution in [0.5, 0.6) is 0 Å². The van der Waals surface area contributed by atoms with Gasteiger partial charge in [-0.05, 0) is 53.3 Å². The molecule has 0 saturated carbocycles. The number of piperazine rings is 1. The molecule has 1 heterocycles. The van der Waals surface area contributed by atoms with E-state index in [1.165, 1.54) is 16.8 Å². The van der Waals surface area contributed by atoms with Crippen LogP contribution >= 0.6 is 0 Å². The molecule has 1 saturated heterocycles. The Morgan fingerprint density at radius 3 is 2.57 bits per heavy atom. The van der Waals surface area contributed by atoms with Gasteiger partial charge in [0.25, 0.3) is 0 Å². The normalized spacial score (nSPS) is 20.9. The molecule has 0 amide bonds. The lowest BCUT2D eigenvalue weighted by atomic mass is 10.0. The minimum Gasteiger partial charge on any atom is -0.366 e. The van der Waals surface area contributed by atoms with Crippen LogP contribution in [0.3, 0.4) is 0 Å². The van der Waals surface area contributed by atoms with Crippen LogP contribution in [0.25, 0.3) is 0 Å². The molecule has 3 nitrogen and oxygen atoms in total. The number of hydrogen-bond acceptors (Lipinski definition) is 3. The van der Waals surface area contributed by atoms with E-state index in [0.717, 1.165) is 26.2 Å². The van der Waals surface area contributed by atoms with Gasteiger partial charge in [-0.3, -0.25) is 0 Å². The highest BCUT2D eigenvalue weighted by Gasteiger charge is 2.23. The number of nitrogens with one attached hydrogen (secondary N) is 1. The lowest BCUT2D eigenvalue weighted by Crippen LogP contribution is -2.51. The summed E-state index contributed by atoms with van der Waals surface area (Å²) in [6, 6.07) is 7.44. The van der Waals surface area contributed by atoms with Gasteiger partial charge in [-0.25, -0.2) is 0 Å². The summed E-state index contributed by atoms with van der Waals surface area (Å²) >= 11 is 0. The van der Waals surface area contributed by atoms with Crippen LogP contribution in [0.2, 0.25) is 0 Å². The van der Waals surface area contributed by atoms with Gasteiger partial charge in [-0.15, -0.1) is 0 Å². The van der Waals surface area contributed by atoms with E-state index in [0.29, 0.717) is 6.04 Å². The van der Waals surface area contributed by atoms with Crippen molar-refractivity contribution in [3.8, 4) is 0 Å². The van der Waals surface area contributed by atoms with Crippen molar-refractivity contribution in [2.45, 2.75) is 52.7 Å². The van der Waals surface area contributed by atoms with E-state index in [2.05, 4.69) is 75.0 Å². The molecule has 1 aromatic carbocycles. The van der Waals surface area contributed by atoms with Crippen LogP contribution in [0.1, 0.15) is 38.8 Å². The van der Waals surface area contributed by atoms with Gasteiger partial charge in [0.1, 0.15) is 0 Å². The number of likely N-dealkylation sites (N-methyl/N-ethyl adjacent to an activating group) is 1. The molecule has 1 fully saturated rings. The van der Waals surface area contributed by atoms with E-state index in [1.54, 1.807) is 0 Å². The molecule has 1 aliphatic heterocycles. The van der Waals surface area contributed by atoms with Crippen LogP contribution in [-0.4, -0.2) is 43.2 Å². The largest absolute Gasteiger partial charge is 0.366 e. The predicted octanol–water partition coefficient (Wildman–Crippen LogP) is 3.02. The fourth-order valence-electron chi connectivity index (χ4n) is 2.99. The lowest BCUT2D eigenvalue weighted by molar-refractivity contribution is 0.275. The molecular weight excluding hydrogens is 258 g/mol. The molecule has 118 valence electrons.